The minimum atomic E-state index is -1.32. The average molecular weight is 483 g/mol. The number of carbonyl (C=O) groups is 2. The van der Waals surface area contributed by atoms with Crippen LogP contribution in [0.25, 0.3) is 10.2 Å². The zero-order valence-electron chi connectivity index (χ0n) is 17.5. The van der Waals surface area contributed by atoms with Gasteiger partial charge in [-0.3, -0.25) is 9.59 Å². The molecule has 0 aliphatic rings. The first kappa shape index (κ1) is 24.1. The van der Waals surface area contributed by atoms with Crippen molar-refractivity contribution in [3.8, 4) is 0 Å². The number of hydrogen-bond donors (Lipinski definition) is 0. The number of thioether (sulfide) groups is 1. The van der Waals surface area contributed by atoms with E-state index in [9.17, 15) is 22.8 Å². The number of fused-ring (bicyclic) bond motifs is 1. The second-order valence-electron chi connectivity index (χ2n) is 6.65. The van der Waals surface area contributed by atoms with Crippen LogP contribution in [-0.4, -0.2) is 29.2 Å². The Morgan fingerprint density at radius 2 is 1.91 bits per heavy atom. The molecule has 0 radical (unpaired) electrons. The maximum Gasteiger partial charge on any atom is 0.306 e. The summed E-state index contributed by atoms with van der Waals surface area (Å²) >= 11 is 2.44. The van der Waals surface area contributed by atoms with Gasteiger partial charge in [0.1, 0.15) is 16.3 Å². The first-order valence-corrected chi connectivity index (χ1v) is 11.8. The second-order valence-corrected chi connectivity index (χ2v) is 9.08. The van der Waals surface area contributed by atoms with E-state index in [0.717, 1.165) is 22.0 Å². The molecule has 0 bridgehead atoms. The maximum atomic E-state index is 14.1. The summed E-state index contributed by atoms with van der Waals surface area (Å²) in [7, 11) is 0. The van der Waals surface area contributed by atoms with Gasteiger partial charge in [0.15, 0.2) is 11.6 Å². The van der Waals surface area contributed by atoms with Crippen molar-refractivity contribution >= 4 is 50.9 Å². The van der Waals surface area contributed by atoms with Gasteiger partial charge >= 0.3 is 5.97 Å². The van der Waals surface area contributed by atoms with Crippen LogP contribution in [-0.2, 0) is 20.9 Å². The van der Waals surface area contributed by atoms with Gasteiger partial charge in [-0.15, -0.1) is 23.1 Å². The van der Waals surface area contributed by atoms with Crippen molar-refractivity contribution in [1.29, 1.82) is 0 Å². The Kier molecular flexibility index (Phi) is 8.14. The van der Waals surface area contributed by atoms with E-state index in [1.807, 2.05) is 19.1 Å². The third-order valence-electron chi connectivity index (χ3n) is 4.44. The smallest absolute Gasteiger partial charge is 0.306 e. The van der Waals surface area contributed by atoms with Crippen LogP contribution in [0.15, 0.2) is 35.2 Å². The molecule has 3 rings (SSSR count). The number of aromatic nitrogens is 1. The number of nitrogens with zero attached hydrogens (tertiary/aromatic N) is 2. The van der Waals surface area contributed by atoms with E-state index in [4.69, 9.17) is 4.74 Å². The topological polar surface area (TPSA) is 59.5 Å². The van der Waals surface area contributed by atoms with E-state index in [1.165, 1.54) is 4.90 Å². The first-order valence-electron chi connectivity index (χ1n) is 9.95. The van der Waals surface area contributed by atoms with Gasteiger partial charge < -0.3 is 9.64 Å². The molecule has 0 saturated carbocycles. The number of anilines is 1. The van der Waals surface area contributed by atoms with Crippen molar-refractivity contribution in [2.45, 2.75) is 38.1 Å². The zero-order valence-corrected chi connectivity index (χ0v) is 19.1. The monoisotopic (exact) mass is 482 g/mol. The molecule has 0 aliphatic carbocycles. The molecular weight excluding hydrogens is 461 g/mol. The third-order valence-corrected chi connectivity index (χ3v) is 6.37. The van der Waals surface area contributed by atoms with Crippen molar-refractivity contribution in [3.63, 3.8) is 0 Å². The normalized spacial score (nSPS) is 11.0. The number of thiazole rings is 1. The van der Waals surface area contributed by atoms with Crippen LogP contribution in [0.5, 0.6) is 0 Å². The molecule has 10 heteroatoms. The van der Waals surface area contributed by atoms with Gasteiger partial charge in [0.2, 0.25) is 5.91 Å². The number of esters is 1. The summed E-state index contributed by atoms with van der Waals surface area (Å²) in [5.74, 6) is -3.49. The lowest BCUT2D eigenvalue weighted by Crippen LogP contribution is -2.30. The van der Waals surface area contributed by atoms with Crippen molar-refractivity contribution < 1.29 is 27.5 Å². The molecule has 1 heterocycles. The molecule has 3 aromatic rings. The molecule has 0 N–H and O–H groups in total. The third kappa shape index (κ3) is 5.60. The quantitative estimate of drug-likeness (QED) is 0.222. The highest BCUT2D eigenvalue weighted by atomic mass is 32.2. The van der Waals surface area contributed by atoms with Crippen LogP contribution >= 0.6 is 23.1 Å². The van der Waals surface area contributed by atoms with Gasteiger partial charge in [0.05, 0.1) is 24.3 Å². The molecule has 0 aliphatic heterocycles. The predicted molar refractivity (Wildman–Crippen MR) is 119 cm³/mol. The fraction of sp³-hybridized carbons (Fsp3) is 0.318. The molecule has 0 atom stereocenters. The van der Waals surface area contributed by atoms with E-state index in [1.54, 1.807) is 30.8 Å². The zero-order chi connectivity index (χ0) is 23.3. The van der Waals surface area contributed by atoms with Crippen LogP contribution in [0.4, 0.5) is 18.9 Å². The summed E-state index contributed by atoms with van der Waals surface area (Å²) < 4.78 is 46.5. The van der Waals surface area contributed by atoms with E-state index >= 15 is 0 Å². The molecule has 0 unspecified atom stereocenters. The molecule has 170 valence electrons. The van der Waals surface area contributed by atoms with E-state index in [0.29, 0.717) is 11.8 Å². The Morgan fingerprint density at radius 3 is 2.62 bits per heavy atom. The van der Waals surface area contributed by atoms with E-state index in [2.05, 4.69) is 4.98 Å². The Morgan fingerprint density at radius 1 is 1.12 bits per heavy atom. The highest BCUT2D eigenvalue weighted by Gasteiger charge is 2.22. The first-order chi connectivity index (χ1) is 15.3. The summed E-state index contributed by atoms with van der Waals surface area (Å²) in [4.78, 5) is 31.1. The van der Waals surface area contributed by atoms with Crippen molar-refractivity contribution in [3.05, 3.63) is 52.8 Å². The molecule has 2 aromatic carbocycles. The molecule has 5 nitrogen and oxygen atoms in total. The molecule has 0 saturated heterocycles. The number of benzene rings is 2. The molecule has 0 spiro atoms. The minimum absolute atomic E-state index is 0.0816. The number of ether oxygens (including phenoxy) is 1. The standard InChI is InChI=1S/C22H21F3N2O3S2/c1-3-30-19(29)9-8-18(28)27(13-6-5-7-14(10-13)31-4-2)12-17-26-21-20(25)15(23)11-16(24)22(21)32-17/h5-7,10-11H,3-4,8-9,12H2,1-2H3. The lowest BCUT2D eigenvalue weighted by molar-refractivity contribution is -0.144. The molecule has 32 heavy (non-hydrogen) atoms. The Labute approximate surface area is 191 Å². The van der Waals surface area contributed by atoms with Gasteiger partial charge in [-0.1, -0.05) is 13.0 Å². The van der Waals surface area contributed by atoms with Gasteiger partial charge in [0.25, 0.3) is 0 Å². The summed E-state index contributed by atoms with van der Waals surface area (Å²) in [6, 6.07) is 7.74. The van der Waals surface area contributed by atoms with Gasteiger partial charge in [-0.05, 0) is 30.9 Å². The summed E-state index contributed by atoms with van der Waals surface area (Å²) in [5, 5.41) is 0.237. The summed E-state index contributed by atoms with van der Waals surface area (Å²) in [6.07, 6.45) is -0.201. The fourth-order valence-corrected chi connectivity index (χ4v) is 4.71. The average Bonchev–Trinajstić information content (AvgIpc) is 3.20. The Hall–Kier alpha value is -2.59. The Bertz CT molecular complexity index is 1140. The number of rotatable bonds is 9. The van der Waals surface area contributed by atoms with Crippen LogP contribution in [0.2, 0.25) is 0 Å². The predicted octanol–water partition coefficient (Wildman–Crippen LogP) is 5.70. The Balaban J connectivity index is 1.93. The van der Waals surface area contributed by atoms with Gasteiger partial charge in [0, 0.05) is 23.1 Å². The number of halogens is 3. The maximum absolute atomic E-state index is 14.1. The van der Waals surface area contributed by atoms with Crippen molar-refractivity contribution in [1.82, 2.24) is 4.98 Å². The summed E-state index contributed by atoms with van der Waals surface area (Å²) in [6.45, 7) is 3.81. The summed E-state index contributed by atoms with van der Waals surface area (Å²) in [5.41, 5.74) is 0.153. The SMILES string of the molecule is CCOC(=O)CCC(=O)N(Cc1nc2c(F)c(F)cc(F)c2s1)c1cccc(SCC)c1. The number of amides is 1. The fourth-order valence-electron chi connectivity index (χ4n) is 3.04. The van der Waals surface area contributed by atoms with Crippen LogP contribution in [0.1, 0.15) is 31.7 Å². The molecule has 0 fully saturated rings. The lowest BCUT2D eigenvalue weighted by Gasteiger charge is -2.22. The van der Waals surface area contributed by atoms with Crippen LogP contribution < -0.4 is 4.90 Å². The van der Waals surface area contributed by atoms with Crippen molar-refractivity contribution in [2.75, 3.05) is 17.3 Å². The van der Waals surface area contributed by atoms with Crippen LogP contribution in [0.3, 0.4) is 0 Å². The van der Waals surface area contributed by atoms with E-state index < -0.39 is 28.9 Å². The minimum Gasteiger partial charge on any atom is -0.466 e. The molecule has 1 aromatic heterocycles. The molecular formula is C22H21F3N2O3S2. The lowest BCUT2D eigenvalue weighted by atomic mass is 10.2. The highest BCUT2D eigenvalue weighted by Crippen LogP contribution is 2.31. The largest absolute Gasteiger partial charge is 0.466 e. The van der Waals surface area contributed by atoms with E-state index in [-0.39, 0.29) is 41.6 Å². The molecule has 1 amide bonds. The highest BCUT2D eigenvalue weighted by molar-refractivity contribution is 7.99. The number of hydrogen-bond acceptors (Lipinski definition) is 6. The van der Waals surface area contributed by atoms with Gasteiger partial charge in [-0.25, -0.2) is 18.2 Å². The van der Waals surface area contributed by atoms with Crippen LogP contribution in [0, 0.1) is 17.5 Å². The second kappa shape index (κ2) is 10.8. The van der Waals surface area contributed by atoms with Gasteiger partial charge in [-0.2, -0.15) is 0 Å². The van der Waals surface area contributed by atoms with Crippen molar-refractivity contribution in [2.24, 2.45) is 0 Å². The number of carbonyl (C=O) groups excluding carboxylic acids is 2.